The molecule has 0 aromatic rings. The van der Waals surface area contributed by atoms with E-state index in [9.17, 15) is 4.79 Å². The van der Waals surface area contributed by atoms with Crippen LogP contribution in [0, 0.1) is 0 Å². The molecule has 1 radical (unpaired) electrons. The maximum atomic E-state index is 11.5. The van der Waals surface area contributed by atoms with Crippen LogP contribution in [0.3, 0.4) is 0 Å². The first-order valence-electron chi connectivity index (χ1n) is 5.15. The van der Waals surface area contributed by atoms with Crippen LogP contribution in [0.15, 0.2) is 0 Å². The molecule has 4 nitrogen and oxygen atoms in total. The zero-order chi connectivity index (χ0) is 10.6. The average Bonchev–Trinajstić information content (AvgIpc) is 2.29. The summed E-state index contributed by atoms with van der Waals surface area (Å²) in [4.78, 5) is 15.4. The number of nitrogens with zero attached hydrogens (tertiary/aromatic N) is 3. The van der Waals surface area contributed by atoms with Crippen LogP contribution in [0.25, 0.3) is 0 Å². The van der Waals surface area contributed by atoms with E-state index in [2.05, 4.69) is 17.3 Å². The first kappa shape index (κ1) is 11.5. The summed E-state index contributed by atoms with van der Waals surface area (Å²) in [5.41, 5.74) is 0. The molecule has 1 atom stereocenters. The molecule has 81 valence electrons. The van der Waals surface area contributed by atoms with Gasteiger partial charge >= 0.3 is 0 Å². The molecular formula is C10H20N3O. The number of likely N-dealkylation sites (N-methyl/N-ethyl adjacent to an activating group) is 1. The third-order valence-electron chi connectivity index (χ3n) is 2.52. The molecule has 0 saturated carbocycles. The highest BCUT2D eigenvalue weighted by Gasteiger charge is 2.19. The molecule has 0 aromatic carbocycles. The Morgan fingerprint density at radius 1 is 1.57 bits per heavy atom. The highest BCUT2D eigenvalue weighted by molar-refractivity contribution is 5.76. The minimum absolute atomic E-state index is 0.175. The van der Waals surface area contributed by atoms with Gasteiger partial charge in [0.2, 0.25) is 5.91 Å². The van der Waals surface area contributed by atoms with E-state index in [4.69, 9.17) is 0 Å². The minimum Gasteiger partial charge on any atom is -0.349 e. The fourth-order valence-electron chi connectivity index (χ4n) is 1.64. The third kappa shape index (κ3) is 3.64. The van der Waals surface area contributed by atoms with Crippen molar-refractivity contribution in [3.8, 4) is 0 Å². The number of hydrogen-bond donors (Lipinski definition) is 0. The standard InChI is InChI=1S/C10H20N3O/c1-12(2)10(14)7-9-8-13(3)6-4-5-11-9/h9H,4-8H2,1-3H3. The highest BCUT2D eigenvalue weighted by atomic mass is 16.2. The summed E-state index contributed by atoms with van der Waals surface area (Å²) in [7, 11) is 5.68. The van der Waals surface area contributed by atoms with Crippen LogP contribution in [0.4, 0.5) is 0 Å². The molecule has 1 aliphatic rings. The Hall–Kier alpha value is -0.610. The smallest absolute Gasteiger partial charge is 0.223 e. The Balaban J connectivity index is 2.38. The molecule has 0 spiro atoms. The fraction of sp³-hybridized carbons (Fsp3) is 0.900. The van der Waals surface area contributed by atoms with Gasteiger partial charge in [0.15, 0.2) is 0 Å². The molecule has 1 saturated heterocycles. The van der Waals surface area contributed by atoms with E-state index >= 15 is 0 Å². The van der Waals surface area contributed by atoms with Gasteiger partial charge in [-0.15, -0.1) is 0 Å². The summed E-state index contributed by atoms with van der Waals surface area (Å²) in [5.74, 6) is 0.175. The van der Waals surface area contributed by atoms with Crippen molar-refractivity contribution in [2.24, 2.45) is 0 Å². The first-order valence-corrected chi connectivity index (χ1v) is 5.15. The Bertz CT molecular complexity index is 194. The summed E-state index contributed by atoms with van der Waals surface area (Å²) in [5, 5.41) is 4.51. The van der Waals surface area contributed by atoms with Crippen LogP contribution >= 0.6 is 0 Å². The Morgan fingerprint density at radius 3 is 2.93 bits per heavy atom. The molecule has 1 amide bonds. The molecule has 1 aliphatic heterocycles. The zero-order valence-corrected chi connectivity index (χ0v) is 9.36. The predicted molar refractivity (Wildman–Crippen MR) is 56.2 cm³/mol. The Morgan fingerprint density at radius 2 is 2.29 bits per heavy atom. The maximum absolute atomic E-state index is 11.5. The van der Waals surface area contributed by atoms with Crippen molar-refractivity contribution in [1.82, 2.24) is 15.1 Å². The lowest BCUT2D eigenvalue weighted by molar-refractivity contribution is -0.129. The van der Waals surface area contributed by atoms with Crippen molar-refractivity contribution >= 4 is 5.91 Å². The van der Waals surface area contributed by atoms with E-state index in [1.54, 1.807) is 19.0 Å². The first-order chi connectivity index (χ1) is 6.59. The molecule has 1 unspecified atom stereocenters. The summed E-state index contributed by atoms with van der Waals surface area (Å²) in [6.07, 6.45) is 1.67. The molecular weight excluding hydrogens is 178 g/mol. The van der Waals surface area contributed by atoms with Crippen LogP contribution in [0.1, 0.15) is 12.8 Å². The van der Waals surface area contributed by atoms with Gasteiger partial charge in [-0.1, -0.05) is 0 Å². The molecule has 0 N–H and O–H groups in total. The lowest BCUT2D eigenvalue weighted by Gasteiger charge is -2.20. The zero-order valence-electron chi connectivity index (χ0n) is 9.36. The van der Waals surface area contributed by atoms with Gasteiger partial charge in [-0.25, -0.2) is 5.32 Å². The number of rotatable bonds is 2. The van der Waals surface area contributed by atoms with Gasteiger partial charge in [-0.05, 0) is 20.0 Å². The molecule has 0 aliphatic carbocycles. The lowest BCUT2D eigenvalue weighted by atomic mass is 10.2. The second-order valence-corrected chi connectivity index (χ2v) is 4.17. The van der Waals surface area contributed by atoms with Crippen LogP contribution in [0.2, 0.25) is 0 Å². The summed E-state index contributed by atoms with van der Waals surface area (Å²) >= 11 is 0. The maximum Gasteiger partial charge on any atom is 0.223 e. The second-order valence-electron chi connectivity index (χ2n) is 4.17. The molecule has 0 aromatic heterocycles. The van der Waals surface area contributed by atoms with E-state index in [1.165, 1.54) is 0 Å². The van der Waals surface area contributed by atoms with Crippen LogP contribution in [-0.2, 0) is 4.79 Å². The van der Waals surface area contributed by atoms with Crippen molar-refractivity contribution in [3.63, 3.8) is 0 Å². The SMILES string of the molecule is CN1CCC[N]C(CC(=O)N(C)C)C1. The molecule has 1 fully saturated rings. The lowest BCUT2D eigenvalue weighted by Crippen LogP contribution is -2.37. The predicted octanol–water partition coefficient (Wildman–Crippen LogP) is -0.227. The Kier molecular flexibility index (Phi) is 4.35. The Labute approximate surface area is 86.2 Å². The second kappa shape index (κ2) is 5.32. The van der Waals surface area contributed by atoms with Gasteiger partial charge in [0.1, 0.15) is 0 Å². The van der Waals surface area contributed by atoms with Crippen LogP contribution in [-0.4, -0.2) is 62.5 Å². The van der Waals surface area contributed by atoms with E-state index in [-0.39, 0.29) is 11.9 Å². The van der Waals surface area contributed by atoms with E-state index in [1.807, 2.05) is 0 Å². The van der Waals surface area contributed by atoms with E-state index in [0.717, 1.165) is 26.1 Å². The molecule has 4 heteroatoms. The number of carbonyl (C=O) groups excluding carboxylic acids is 1. The average molecular weight is 198 g/mol. The van der Waals surface area contributed by atoms with Crippen molar-refractivity contribution in [3.05, 3.63) is 0 Å². The topological polar surface area (TPSA) is 37.7 Å². The van der Waals surface area contributed by atoms with Crippen molar-refractivity contribution in [2.45, 2.75) is 18.9 Å². The van der Waals surface area contributed by atoms with Crippen LogP contribution in [0.5, 0.6) is 0 Å². The summed E-state index contributed by atoms with van der Waals surface area (Å²) < 4.78 is 0. The van der Waals surface area contributed by atoms with Crippen molar-refractivity contribution < 1.29 is 4.79 Å². The van der Waals surface area contributed by atoms with Gasteiger partial charge in [0.05, 0.1) is 0 Å². The van der Waals surface area contributed by atoms with Gasteiger partial charge in [-0.3, -0.25) is 4.79 Å². The summed E-state index contributed by atoms with van der Waals surface area (Å²) in [6.45, 7) is 2.91. The molecule has 14 heavy (non-hydrogen) atoms. The number of carbonyl (C=O) groups is 1. The molecule has 0 bridgehead atoms. The van der Waals surface area contributed by atoms with Gasteiger partial charge in [0.25, 0.3) is 0 Å². The third-order valence-corrected chi connectivity index (χ3v) is 2.52. The highest BCUT2D eigenvalue weighted by Crippen LogP contribution is 2.04. The van der Waals surface area contributed by atoms with Crippen molar-refractivity contribution in [1.29, 1.82) is 0 Å². The van der Waals surface area contributed by atoms with Gasteiger partial charge < -0.3 is 9.80 Å². The van der Waals surface area contributed by atoms with Gasteiger partial charge in [-0.2, -0.15) is 0 Å². The molecule has 1 heterocycles. The minimum atomic E-state index is 0.175. The van der Waals surface area contributed by atoms with Crippen LogP contribution < -0.4 is 5.32 Å². The number of hydrogen-bond acceptors (Lipinski definition) is 2. The monoisotopic (exact) mass is 198 g/mol. The van der Waals surface area contributed by atoms with E-state index < -0.39 is 0 Å². The largest absolute Gasteiger partial charge is 0.349 e. The summed E-state index contributed by atoms with van der Waals surface area (Å²) in [6, 6.07) is 0.192. The molecule has 1 rings (SSSR count). The normalized spacial score (nSPS) is 24.4. The van der Waals surface area contributed by atoms with Gasteiger partial charge in [0, 0.05) is 39.6 Å². The van der Waals surface area contributed by atoms with Crippen molar-refractivity contribution in [2.75, 3.05) is 40.8 Å². The van der Waals surface area contributed by atoms with E-state index in [0.29, 0.717) is 6.42 Å². The quantitative estimate of drug-likeness (QED) is 0.615. The number of amides is 1. The fourth-order valence-corrected chi connectivity index (χ4v) is 1.64.